The number of unbranched alkanes of at least 4 members (excludes halogenated alkanes) is 13. The third kappa shape index (κ3) is 12.5. The molecule has 1 saturated heterocycles. The predicted octanol–water partition coefficient (Wildman–Crippen LogP) is 8.65. The van der Waals surface area contributed by atoms with Crippen molar-refractivity contribution in [1.29, 1.82) is 0 Å². The number of ether oxygens (including phenoxy) is 1. The third-order valence-electron chi connectivity index (χ3n) is 7.29. The molecule has 0 bridgehead atoms. The van der Waals surface area contributed by atoms with Crippen LogP contribution in [0.3, 0.4) is 0 Å². The second kappa shape index (κ2) is 15.0. The van der Waals surface area contributed by atoms with Crippen LogP contribution in [0.1, 0.15) is 122 Å². The first kappa shape index (κ1) is 25.4. The Labute approximate surface area is 184 Å². The smallest absolute Gasteiger partial charge is 0.186 e. The van der Waals surface area contributed by atoms with Gasteiger partial charge in [-0.1, -0.05) is 96.3 Å². The van der Waals surface area contributed by atoms with Crippen molar-refractivity contribution in [2.45, 2.75) is 154 Å². The van der Waals surface area contributed by atoms with E-state index in [1.54, 1.807) is 0 Å². The van der Waals surface area contributed by atoms with E-state index in [4.69, 9.17) is 9.16 Å². The lowest BCUT2D eigenvalue weighted by Gasteiger charge is -2.21. The van der Waals surface area contributed by atoms with Gasteiger partial charge in [-0.2, -0.15) is 0 Å². The Bertz CT molecular complexity index is 398. The SMILES string of the molecule is CCO[Si](C)(C)CCCCCCCCCCCCCCCCC1CCC2OC2C1. The highest BCUT2D eigenvalue weighted by atomic mass is 28.4. The van der Waals surface area contributed by atoms with Gasteiger partial charge in [0.05, 0.1) is 12.2 Å². The van der Waals surface area contributed by atoms with Crippen molar-refractivity contribution in [1.82, 2.24) is 0 Å². The van der Waals surface area contributed by atoms with Crippen molar-refractivity contribution >= 4 is 8.32 Å². The summed E-state index contributed by atoms with van der Waals surface area (Å²) >= 11 is 0. The van der Waals surface area contributed by atoms with Crippen LogP contribution in [0.25, 0.3) is 0 Å². The first-order chi connectivity index (χ1) is 14.1. The van der Waals surface area contributed by atoms with Gasteiger partial charge in [-0.05, 0) is 51.2 Å². The van der Waals surface area contributed by atoms with E-state index in [1.165, 1.54) is 122 Å². The van der Waals surface area contributed by atoms with E-state index in [0.717, 1.165) is 12.5 Å². The lowest BCUT2D eigenvalue weighted by atomic mass is 9.85. The van der Waals surface area contributed by atoms with Gasteiger partial charge in [-0.25, -0.2) is 0 Å². The van der Waals surface area contributed by atoms with Crippen LogP contribution < -0.4 is 0 Å². The Morgan fingerprint density at radius 2 is 1.21 bits per heavy atom. The van der Waals surface area contributed by atoms with Crippen LogP contribution in [0.4, 0.5) is 0 Å². The number of hydrogen-bond acceptors (Lipinski definition) is 2. The van der Waals surface area contributed by atoms with Gasteiger partial charge >= 0.3 is 0 Å². The maximum atomic E-state index is 5.91. The molecule has 0 aromatic carbocycles. The van der Waals surface area contributed by atoms with E-state index >= 15 is 0 Å². The topological polar surface area (TPSA) is 21.8 Å². The minimum absolute atomic E-state index is 0.674. The Hall–Kier alpha value is 0.137. The van der Waals surface area contributed by atoms with E-state index in [1.807, 2.05) is 0 Å². The second-order valence-corrected chi connectivity index (χ2v) is 14.9. The van der Waals surface area contributed by atoms with Crippen LogP contribution in [0.15, 0.2) is 0 Å². The van der Waals surface area contributed by atoms with Crippen LogP contribution in [-0.4, -0.2) is 27.1 Å². The van der Waals surface area contributed by atoms with Gasteiger partial charge in [0.1, 0.15) is 0 Å². The lowest BCUT2D eigenvalue weighted by Crippen LogP contribution is -2.29. The zero-order chi connectivity index (χ0) is 20.8. The van der Waals surface area contributed by atoms with Crippen molar-refractivity contribution in [2.24, 2.45) is 5.92 Å². The summed E-state index contributed by atoms with van der Waals surface area (Å²) in [5.41, 5.74) is 0. The summed E-state index contributed by atoms with van der Waals surface area (Å²) in [6, 6.07) is 1.34. The van der Waals surface area contributed by atoms with E-state index in [0.29, 0.717) is 12.2 Å². The van der Waals surface area contributed by atoms with Crippen molar-refractivity contribution in [3.05, 3.63) is 0 Å². The molecule has 0 aromatic heterocycles. The number of rotatable bonds is 19. The highest BCUT2D eigenvalue weighted by Gasteiger charge is 2.43. The van der Waals surface area contributed by atoms with Gasteiger partial charge in [-0.15, -0.1) is 0 Å². The Morgan fingerprint density at radius 1 is 0.690 bits per heavy atom. The number of epoxide rings is 1. The van der Waals surface area contributed by atoms with Gasteiger partial charge in [0.25, 0.3) is 0 Å². The molecule has 172 valence electrons. The van der Waals surface area contributed by atoms with Crippen molar-refractivity contribution in [3.63, 3.8) is 0 Å². The molecule has 0 N–H and O–H groups in total. The fraction of sp³-hybridized carbons (Fsp3) is 1.00. The fourth-order valence-electron chi connectivity index (χ4n) is 5.32. The molecule has 2 aliphatic rings. The van der Waals surface area contributed by atoms with E-state index < -0.39 is 8.32 Å². The molecule has 3 atom stereocenters. The van der Waals surface area contributed by atoms with Crippen molar-refractivity contribution < 1.29 is 9.16 Å². The maximum absolute atomic E-state index is 5.91. The molecule has 1 aliphatic carbocycles. The monoisotopic (exact) mass is 424 g/mol. The van der Waals surface area contributed by atoms with Crippen LogP contribution >= 0.6 is 0 Å². The first-order valence-electron chi connectivity index (χ1n) is 13.4. The molecule has 3 unspecified atom stereocenters. The summed E-state index contributed by atoms with van der Waals surface area (Å²) in [5.74, 6) is 0.988. The molecule has 0 radical (unpaired) electrons. The average Bonchev–Trinajstić information content (AvgIpc) is 3.46. The highest BCUT2D eigenvalue weighted by molar-refractivity contribution is 6.71. The summed E-state index contributed by atoms with van der Waals surface area (Å²) in [6.07, 6.45) is 27.4. The van der Waals surface area contributed by atoms with E-state index in [2.05, 4.69) is 20.0 Å². The molecule has 29 heavy (non-hydrogen) atoms. The standard InChI is InChI=1S/C26H52O2Si/c1-4-27-29(2,3)22-18-16-14-12-10-8-6-5-7-9-11-13-15-17-19-24-20-21-25-26(23-24)28-25/h24-26H,4-23H2,1-3H3. The van der Waals surface area contributed by atoms with Crippen LogP contribution in [-0.2, 0) is 9.16 Å². The molecule has 2 fully saturated rings. The van der Waals surface area contributed by atoms with Crippen molar-refractivity contribution in [2.75, 3.05) is 6.61 Å². The Balaban J connectivity index is 1.22. The maximum Gasteiger partial charge on any atom is 0.186 e. The average molecular weight is 425 g/mol. The highest BCUT2D eigenvalue weighted by Crippen LogP contribution is 2.41. The second-order valence-electron chi connectivity index (χ2n) is 10.6. The minimum atomic E-state index is -1.32. The molecule has 2 rings (SSSR count). The molecule has 0 spiro atoms. The van der Waals surface area contributed by atoms with Gasteiger partial charge in [0.2, 0.25) is 0 Å². The third-order valence-corrected chi connectivity index (χ3v) is 9.92. The molecule has 1 saturated carbocycles. The Morgan fingerprint density at radius 3 is 1.72 bits per heavy atom. The molecular formula is C26H52O2Si. The summed E-state index contributed by atoms with van der Waals surface area (Å²) in [5, 5.41) is 0. The molecule has 0 amide bonds. The van der Waals surface area contributed by atoms with Crippen molar-refractivity contribution in [3.8, 4) is 0 Å². The molecule has 1 aliphatic heterocycles. The van der Waals surface area contributed by atoms with Crippen LogP contribution in [0.5, 0.6) is 0 Å². The zero-order valence-electron chi connectivity index (χ0n) is 20.2. The molecule has 0 aromatic rings. The molecule has 3 heteroatoms. The van der Waals surface area contributed by atoms with E-state index in [9.17, 15) is 0 Å². The van der Waals surface area contributed by atoms with Gasteiger partial charge < -0.3 is 9.16 Å². The number of fused-ring (bicyclic) bond motifs is 1. The quantitative estimate of drug-likeness (QED) is 0.117. The first-order valence-corrected chi connectivity index (χ1v) is 16.5. The summed E-state index contributed by atoms with van der Waals surface area (Å²) in [6.45, 7) is 7.76. The summed E-state index contributed by atoms with van der Waals surface area (Å²) in [4.78, 5) is 0. The number of hydrogen-bond donors (Lipinski definition) is 0. The van der Waals surface area contributed by atoms with Gasteiger partial charge in [-0.3, -0.25) is 0 Å². The predicted molar refractivity (Wildman–Crippen MR) is 129 cm³/mol. The minimum Gasteiger partial charge on any atom is -0.418 e. The normalized spacial score (nSPS) is 23.9. The van der Waals surface area contributed by atoms with Crippen LogP contribution in [0, 0.1) is 5.92 Å². The molecule has 2 nitrogen and oxygen atoms in total. The van der Waals surface area contributed by atoms with E-state index in [-0.39, 0.29) is 0 Å². The van der Waals surface area contributed by atoms with Gasteiger partial charge in [0.15, 0.2) is 8.32 Å². The fourth-order valence-corrected chi connectivity index (χ4v) is 7.34. The summed E-state index contributed by atoms with van der Waals surface area (Å²) in [7, 11) is -1.32. The Kier molecular flexibility index (Phi) is 13.2. The molecular weight excluding hydrogens is 372 g/mol. The zero-order valence-corrected chi connectivity index (χ0v) is 21.2. The lowest BCUT2D eigenvalue weighted by molar-refractivity contribution is 0.327. The largest absolute Gasteiger partial charge is 0.418 e. The molecule has 1 heterocycles. The van der Waals surface area contributed by atoms with Gasteiger partial charge in [0, 0.05) is 6.61 Å². The van der Waals surface area contributed by atoms with Crippen LogP contribution in [0.2, 0.25) is 19.1 Å². The summed E-state index contributed by atoms with van der Waals surface area (Å²) < 4.78 is 11.6.